The SMILES string of the molecule is CC(CO)CN(CCC(=O)O)C(C)C. The van der Waals surface area contributed by atoms with Crippen LogP contribution >= 0.6 is 0 Å². The molecule has 0 aliphatic heterocycles. The van der Waals surface area contributed by atoms with Crippen molar-refractivity contribution in [1.29, 1.82) is 0 Å². The molecule has 0 aromatic carbocycles. The largest absolute Gasteiger partial charge is 0.481 e. The molecule has 84 valence electrons. The van der Waals surface area contributed by atoms with Crippen LogP contribution in [0.2, 0.25) is 0 Å². The van der Waals surface area contributed by atoms with Crippen LogP contribution < -0.4 is 0 Å². The molecule has 0 rings (SSSR count). The molecular formula is C10H21NO3. The summed E-state index contributed by atoms with van der Waals surface area (Å²) in [6, 6.07) is 0.323. The van der Waals surface area contributed by atoms with Crippen molar-refractivity contribution in [2.45, 2.75) is 33.2 Å². The lowest BCUT2D eigenvalue weighted by Crippen LogP contribution is -2.37. The Morgan fingerprint density at radius 1 is 1.36 bits per heavy atom. The lowest BCUT2D eigenvalue weighted by atomic mass is 10.1. The van der Waals surface area contributed by atoms with Gasteiger partial charge in [-0.15, -0.1) is 0 Å². The van der Waals surface area contributed by atoms with Gasteiger partial charge in [-0.3, -0.25) is 4.79 Å². The lowest BCUT2D eigenvalue weighted by molar-refractivity contribution is -0.137. The van der Waals surface area contributed by atoms with Crippen molar-refractivity contribution >= 4 is 5.97 Å². The van der Waals surface area contributed by atoms with Gasteiger partial charge in [0.1, 0.15) is 0 Å². The van der Waals surface area contributed by atoms with E-state index in [0.29, 0.717) is 12.6 Å². The van der Waals surface area contributed by atoms with Crippen molar-refractivity contribution in [3.05, 3.63) is 0 Å². The number of aliphatic hydroxyl groups excluding tert-OH is 1. The van der Waals surface area contributed by atoms with Crippen LogP contribution in [-0.2, 0) is 4.79 Å². The van der Waals surface area contributed by atoms with Gasteiger partial charge in [0.25, 0.3) is 0 Å². The van der Waals surface area contributed by atoms with E-state index in [0.717, 1.165) is 6.54 Å². The molecular weight excluding hydrogens is 182 g/mol. The summed E-state index contributed by atoms with van der Waals surface area (Å²) in [7, 11) is 0. The normalized spacial score (nSPS) is 13.6. The highest BCUT2D eigenvalue weighted by Gasteiger charge is 2.13. The molecule has 0 heterocycles. The molecule has 0 spiro atoms. The van der Waals surface area contributed by atoms with Crippen molar-refractivity contribution in [2.75, 3.05) is 19.7 Å². The standard InChI is InChI=1S/C10H21NO3/c1-8(2)11(5-4-10(13)14)6-9(3)7-12/h8-9,12H,4-7H2,1-3H3,(H,13,14). The predicted octanol–water partition coefficient (Wildman–Crippen LogP) is 0.800. The van der Waals surface area contributed by atoms with E-state index in [9.17, 15) is 4.79 Å². The lowest BCUT2D eigenvalue weighted by Gasteiger charge is -2.28. The van der Waals surface area contributed by atoms with Crippen LogP contribution in [0.25, 0.3) is 0 Å². The Kier molecular flexibility index (Phi) is 6.49. The molecule has 2 N–H and O–H groups in total. The van der Waals surface area contributed by atoms with E-state index in [1.807, 2.05) is 20.8 Å². The third-order valence-electron chi connectivity index (χ3n) is 2.20. The number of rotatable bonds is 7. The van der Waals surface area contributed by atoms with Gasteiger partial charge in [0.15, 0.2) is 0 Å². The van der Waals surface area contributed by atoms with Crippen molar-refractivity contribution in [1.82, 2.24) is 4.90 Å². The summed E-state index contributed by atoms with van der Waals surface area (Å²) in [6.07, 6.45) is 0.163. The first-order chi connectivity index (χ1) is 6.47. The Labute approximate surface area is 85.5 Å². The first-order valence-corrected chi connectivity index (χ1v) is 5.04. The van der Waals surface area contributed by atoms with Crippen LogP contribution in [0.5, 0.6) is 0 Å². The average Bonchev–Trinajstić information content (AvgIpc) is 2.10. The Balaban J connectivity index is 3.95. The number of carboxylic acid groups (broad SMARTS) is 1. The molecule has 0 amide bonds. The molecule has 0 saturated heterocycles. The second kappa shape index (κ2) is 6.79. The van der Waals surface area contributed by atoms with E-state index in [1.165, 1.54) is 0 Å². The van der Waals surface area contributed by atoms with Gasteiger partial charge in [-0.1, -0.05) is 6.92 Å². The number of carboxylic acids is 1. The van der Waals surface area contributed by atoms with Crippen LogP contribution in [0, 0.1) is 5.92 Å². The smallest absolute Gasteiger partial charge is 0.304 e. The average molecular weight is 203 g/mol. The van der Waals surface area contributed by atoms with Crippen molar-refractivity contribution in [3.8, 4) is 0 Å². The highest BCUT2D eigenvalue weighted by molar-refractivity contribution is 5.66. The minimum Gasteiger partial charge on any atom is -0.481 e. The van der Waals surface area contributed by atoms with E-state index in [4.69, 9.17) is 10.2 Å². The zero-order chi connectivity index (χ0) is 11.1. The van der Waals surface area contributed by atoms with E-state index in [2.05, 4.69) is 4.90 Å². The molecule has 0 aliphatic rings. The molecule has 0 radical (unpaired) electrons. The number of nitrogens with zero attached hydrogens (tertiary/aromatic N) is 1. The number of aliphatic carboxylic acids is 1. The summed E-state index contributed by atoms with van der Waals surface area (Å²) in [6.45, 7) is 7.48. The van der Waals surface area contributed by atoms with Gasteiger partial charge < -0.3 is 15.1 Å². The molecule has 0 bridgehead atoms. The molecule has 14 heavy (non-hydrogen) atoms. The summed E-state index contributed by atoms with van der Waals surface area (Å²) in [5.41, 5.74) is 0. The minimum atomic E-state index is -0.771. The van der Waals surface area contributed by atoms with Gasteiger partial charge >= 0.3 is 5.97 Å². The molecule has 1 atom stereocenters. The van der Waals surface area contributed by atoms with Crippen LogP contribution in [0.3, 0.4) is 0 Å². The summed E-state index contributed by atoms with van der Waals surface area (Å²) in [5.74, 6) is -0.571. The highest BCUT2D eigenvalue weighted by Crippen LogP contribution is 2.05. The maximum Gasteiger partial charge on any atom is 0.304 e. The minimum absolute atomic E-state index is 0.149. The predicted molar refractivity (Wildman–Crippen MR) is 55.2 cm³/mol. The molecule has 0 aromatic rings. The second-order valence-electron chi connectivity index (χ2n) is 4.02. The fraction of sp³-hybridized carbons (Fsp3) is 0.900. The topological polar surface area (TPSA) is 60.8 Å². The first kappa shape index (κ1) is 13.4. The summed E-state index contributed by atoms with van der Waals surface area (Å²) >= 11 is 0. The maximum absolute atomic E-state index is 10.4. The quantitative estimate of drug-likeness (QED) is 0.642. The van der Waals surface area contributed by atoms with Gasteiger partial charge in [-0.2, -0.15) is 0 Å². The molecule has 0 saturated carbocycles. The van der Waals surface area contributed by atoms with Gasteiger partial charge in [-0.05, 0) is 19.8 Å². The Bertz CT molecular complexity index is 171. The van der Waals surface area contributed by atoms with E-state index < -0.39 is 5.97 Å². The van der Waals surface area contributed by atoms with Gasteiger partial charge in [0.05, 0.1) is 6.42 Å². The maximum atomic E-state index is 10.4. The zero-order valence-electron chi connectivity index (χ0n) is 9.23. The van der Waals surface area contributed by atoms with Gasteiger partial charge in [0.2, 0.25) is 0 Å². The number of carbonyl (C=O) groups is 1. The van der Waals surface area contributed by atoms with Crippen molar-refractivity contribution in [3.63, 3.8) is 0 Å². The van der Waals surface area contributed by atoms with E-state index >= 15 is 0 Å². The van der Waals surface area contributed by atoms with Gasteiger partial charge in [-0.25, -0.2) is 0 Å². The number of hydrogen-bond donors (Lipinski definition) is 2. The number of aliphatic hydroxyl groups is 1. The second-order valence-corrected chi connectivity index (χ2v) is 4.02. The fourth-order valence-electron chi connectivity index (χ4n) is 1.26. The summed E-state index contributed by atoms with van der Waals surface area (Å²) in [5, 5.41) is 17.5. The third-order valence-corrected chi connectivity index (χ3v) is 2.20. The van der Waals surface area contributed by atoms with Gasteiger partial charge in [0, 0.05) is 25.7 Å². The zero-order valence-corrected chi connectivity index (χ0v) is 9.23. The molecule has 0 fully saturated rings. The monoisotopic (exact) mass is 203 g/mol. The van der Waals surface area contributed by atoms with Crippen LogP contribution in [0.15, 0.2) is 0 Å². The van der Waals surface area contributed by atoms with Crippen LogP contribution in [0.1, 0.15) is 27.2 Å². The Hall–Kier alpha value is -0.610. The Morgan fingerprint density at radius 3 is 2.29 bits per heavy atom. The Morgan fingerprint density at radius 2 is 1.93 bits per heavy atom. The molecule has 4 heteroatoms. The molecule has 4 nitrogen and oxygen atoms in total. The third kappa shape index (κ3) is 5.94. The van der Waals surface area contributed by atoms with E-state index in [-0.39, 0.29) is 18.9 Å². The molecule has 1 unspecified atom stereocenters. The fourth-order valence-corrected chi connectivity index (χ4v) is 1.26. The van der Waals surface area contributed by atoms with E-state index in [1.54, 1.807) is 0 Å². The van der Waals surface area contributed by atoms with Crippen molar-refractivity contribution in [2.24, 2.45) is 5.92 Å². The summed E-state index contributed by atoms with van der Waals surface area (Å²) in [4.78, 5) is 12.5. The van der Waals surface area contributed by atoms with Crippen LogP contribution in [0.4, 0.5) is 0 Å². The summed E-state index contributed by atoms with van der Waals surface area (Å²) < 4.78 is 0. The molecule has 0 aromatic heterocycles. The number of hydrogen-bond acceptors (Lipinski definition) is 3. The molecule has 0 aliphatic carbocycles. The van der Waals surface area contributed by atoms with Crippen LogP contribution in [-0.4, -0.2) is 46.8 Å². The van der Waals surface area contributed by atoms with Crippen molar-refractivity contribution < 1.29 is 15.0 Å². The first-order valence-electron chi connectivity index (χ1n) is 5.04. The highest BCUT2D eigenvalue weighted by atomic mass is 16.4.